The summed E-state index contributed by atoms with van der Waals surface area (Å²) < 4.78 is 28.1. The van der Waals surface area contributed by atoms with Crippen molar-refractivity contribution in [1.29, 1.82) is 0 Å². The van der Waals surface area contributed by atoms with Crippen molar-refractivity contribution in [3.63, 3.8) is 0 Å². The second kappa shape index (κ2) is 6.94. The number of halogens is 1. The van der Waals surface area contributed by atoms with Gasteiger partial charge in [0.2, 0.25) is 10.0 Å². The summed E-state index contributed by atoms with van der Waals surface area (Å²) in [5.41, 5.74) is 8.25. The Morgan fingerprint density at radius 1 is 1.33 bits per heavy atom. The zero-order chi connectivity index (χ0) is 15.5. The molecule has 0 aliphatic heterocycles. The number of rotatable bonds is 5. The molecule has 3 N–H and O–H groups in total. The minimum atomic E-state index is -3.51. The highest BCUT2D eigenvalue weighted by atomic mass is 79.9. The molecule has 0 radical (unpaired) electrons. The Morgan fingerprint density at radius 3 is 2.76 bits per heavy atom. The van der Waals surface area contributed by atoms with Crippen molar-refractivity contribution in [2.45, 2.75) is 43.9 Å². The van der Waals surface area contributed by atoms with E-state index in [0.717, 1.165) is 19.3 Å². The van der Waals surface area contributed by atoms with E-state index in [1.54, 1.807) is 13.0 Å². The first-order chi connectivity index (χ1) is 9.90. The van der Waals surface area contributed by atoms with E-state index in [1.807, 2.05) is 0 Å². The third-order valence-corrected chi connectivity index (χ3v) is 6.00. The SMILES string of the molecule is Cc1cc(Br)c(N)cc1S(=O)(=O)NCCC1=CCCCC1. The normalized spacial score (nSPS) is 15.8. The molecule has 0 amide bonds. The molecule has 0 bridgehead atoms. The minimum Gasteiger partial charge on any atom is -0.398 e. The number of nitrogens with one attached hydrogen (secondary N) is 1. The molecule has 0 spiro atoms. The van der Waals surface area contributed by atoms with Gasteiger partial charge in [0.25, 0.3) is 0 Å². The number of aryl methyl sites for hydroxylation is 1. The lowest BCUT2D eigenvalue weighted by Crippen LogP contribution is -2.26. The molecular formula is C15H21BrN2O2S. The maximum absolute atomic E-state index is 12.4. The van der Waals surface area contributed by atoms with E-state index in [2.05, 4.69) is 26.7 Å². The van der Waals surface area contributed by atoms with Gasteiger partial charge in [-0.3, -0.25) is 0 Å². The van der Waals surface area contributed by atoms with Gasteiger partial charge in [-0.1, -0.05) is 11.6 Å². The number of anilines is 1. The number of hydrogen-bond donors (Lipinski definition) is 2. The Hall–Kier alpha value is -0.850. The number of nitrogen functional groups attached to an aromatic ring is 1. The molecule has 4 nitrogen and oxygen atoms in total. The van der Waals surface area contributed by atoms with Crippen LogP contribution < -0.4 is 10.5 Å². The zero-order valence-electron chi connectivity index (χ0n) is 12.2. The molecule has 0 fully saturated rings. The minimum absolute atomic E-state index is 0.251. The molecule has 0 unspecified atom stereocenters. The number of allylic oxidation sites excluding steroid dienone is 1. The Kier molecular flexibility index (Phi) is 5.46. The standard InChI is InChI=1S/C15H21BrN2O2S/c1-11-9-13(16)14(17)10-15(11)21(19,20)18-8-7-12-5-3-2-4-6-12/h5,9-10,18H,2-4,6-8,17H2,1H3. The molecule has 0 atom stereocenters. The second-order valence-corrected chi connectivity index (χ2v) is 7.98. The lowest BCUT2D eigenvalue weighted by atomic mass is 9.97. The van der Waals surface area contributed by atoms with Crippen LogP contribution in [-0.2, 0) is 10.0 Å². The fourth-order valence-corrected chi connectivity index (χ4v) is 4.26. The Labute approximate surface area is 135 Å². The monoisotopic (exact) mass is 372 g/mol. The number of sulfonamides is 1. The van der Waals surface area contributed by atoms with Crippen molar-refractivity contribution in [2.75, 3.05) is 12.3 Å². The highest BCUT2D eigenvalue weighted by Gasteiger charge is 2.18. The van der Waals surface area contributed by atoms with E-state index < -0.39 is 10.0 Å². The number of nitrogens with two attached hydrogens (primary N) is 1. The molecule has 1 aromatic rings. The molecule has 1 aliphatic rings. The molecule has 0 aromatic heterocycles. The number of benzene rings is 1. The summed E-state index contributed by atoms with van der Waals surface area (Å²) in [4.78, 5) is 0.251. The molecule has 21 heavy (non-hydrogen) atoms. The predicted octanol–water partition coefficient (Wildman–Crippen LogP) is 3.51. The van der Waals surface area contributed by atoms with Crippen LogP contribution in [0.1, 0.15) is 37.7 Å². The Morgan fingerprint density at radius 2 is 2.10 bits per heavy atom. The highest BCUT2D eigenvalue weighted by Crippen LogP contribution is 2.26. The molecule has 0 saturated carbocycles. The molecule has 1 aliphatic carbocycles. The molecule has 1 aromatic carbocycles. The van der Waals surface area contributed by atoms with E-state index >= 15 is 0 Å². The van der Waals surface area contributed by atoms with Crippen LogP contribution in [0, 0.1) is 6.92 Å². The van der Waals surface area contributed by atoms with Gasteiger partial charge in [-0.25, -0.2) is 13.1 Å². The van der Waals surface area contributed by atoms with E-state index in [-0.39, 0.29) is 4.90 Å². The average molecular weight is 373 g/mol. The fraction of sp³-hybridized carbons (Fsp3) is 0.467. The summed E-state index contributed by atoms with van der Waals surface area (Å²) in [6.07, 6.45) is 7.68. The van der Waals surface area contributed by atoms with Crippen LogP contribution >= 0.6 is 15.9 Å². The highest BCUT2D eigenvalue weighted by molar-refractivity contribution is 9.10. The molecule has 116 valence electrons. The maximum Gasteiger partial charge on any atom is 0.240 e. The van der Waals surface area contributed by atoms with Gasteiger partial charge < -0.3 is 5.73 Å². The summed E-state index contributed by atoms with van der Waals surface area (Å²) in [5, 5.41) is 0. The van der Waals surface area contributed by atoms with Crippen LogP contribution in [0.15, 0.2) is 33.2 Å². The number of hydrogen-bond acceptors (Lipinski definition) is 3. The molecule has 0 heterocycles. The first-order valence-electron chi connectivity index (χ1n) is 7.13. The van der Waals surface area contributed by atoms with E-state index in [9.17, 15) is 8.42 Å². The van der Waals surface area contributed by atoms with E-state index in [0.29, 0.717) is 22.3 Å². The molecular weight excluding hydrogens is 352 g/mol. The molecule has 0 saturated heterocycles. The van der Waals surface area contributed by atoms with Crippen LogP contribution in [0.3, 0.4) is 0 Å². The van der Waals surface area contributed by atoms with Gasteiger partial charge in [0.05, 0.1) is 4.90 Å². The lowest BCUT2D eigenvalue weighted by Gasteiger charge is -2.14. The summed E-state index contributed by atoms with van der Waals surface area (Å²) in [6, 6.07) is 3.23. The first-order valence-corrected chi connectivity index (χ1v) is 9.41. The summed E-state index contributed by atoms with van der Waals surface area (Å²) in [7, 11) is -3.51. The van der Waals surface area contributed by atoms with Crippen LogP contribution in [0.25, 0.3) is 0 Å². The van der Waals surface area contributed by atoms with Crippen molar-refractivity contribution in [3.05, 3.63) is 33.8 Å². The van der Waals surface area contributed by atoms with Gasteiger partial charge in [0.15, 0.2) is 0 Å². The van der Waals surface area contributed by atoms with Gasteiger partial charge in [-0.2, -0.15) is 0 Å². The molecule has 2 rings (SSSR count). The van der Waals surface area contributed by atoms with Crippen LogP contribution in [0.5, 0.6) is 0 Å². The smallest absolute Gasteiger partial charge is 0.240 e. The summed E-state index contributed by atoms with van der Waals surface area (Å²) in [5.74, 6) is 0. The third kappa shape index (κ3) is 4.31. The Bertz CT molecular complexity index is 654. The van der Waals surface area contributed by atoms with Crippen molar-refractivity contribution in [3.8, 4) is 0 Å². The first kappa shape index (κ1) is 16.5. The maximum atomic E-state index is 12.4. The third-order valence-electron chi connectivity index (χ3n) is 3.71. The van der Waals surface area contributed by atoms with Gasteiger partial charge >= 0.3 is 0 Å². The van der Waals surface area contributed by atoms with Gasteiger partial charge in [0, 0.05) is 16.7 Å². The summed E-state index contributed by atoms with van der Waals surface area (Å²) in [6.45, 7) is 2.20. The van der Waals surface area contributed by atoms with Crippen LogP contribution in [-0.4, -0.2) is 15.0 Å². The average Bonchev–Trinajstić information content (AvgIpc) is 2.43. The van der Waals surface area contributed by atoms with Gasteiger partial charge in [-0.15, -0.1) is 0 Å². The van der Waals surface area contributed by atoms with Crippen molar-refractivity contribution >= 4 is 31.6 Å². The van der Waals surface area contributed by atoms with Crippen molar-refractivity contribution in [2.24, 2.45) is 0 Å². The van der Waals surface area contributed by atoms with Crippen LogP contribution in [0.4, 0.5) is 5.69 Å². The quantitative estimate of drug-likeness (QED) is 0.613. The van der Waals surface area contributed by atoms with Crippen molar-refractivity contribution in [1.82, 2.24) is 4.72 Å². The van der Waals surface area contributed by atoms with Crippen molar-refractivity contribution < 1.29 is 8.42 Å². The fourth-order valence-electron chi connectivity index (χ4n) is 2.51. The Balaban J connectivity index is 2.05. The zero-order valence-corrected chi connectivity index (χ0v) is 14.6. The van der Waals surface area contributed by atoms with E-state index in [1.165, 1.54) is 24.5 Å². The van der Waals surface area contributed by atoms with E-state index in [4.69, 9.17) is 5.73 Å². The largest absolute Gasteiger partial charge is 0.398 e. The lowest BCUT2D eigenvalue weighted by molar-refractivity contribution is 0.579. The van der Waals surface area contributed by atoms with Gasteiger partial charge in [-0.05, 0) is 72.7 Å². The molecule has 6 heteroatoms. The topological polar surface area (TPSA) is 72.2 Å². The second-order valence-electron chi connectivity index (χ2n) is 5.40. The van der Waals surface area contributed by atoms with Gasteiger partial charge in [0.1, 0.15) is 0 Å². The predicted molar refractivity (Wildman–Crippen MR) is 89.6 cm³/mol. The summed E-state index contributed by atoms with van der Waals surface area (Å²) >= 11 is 3.30. The van der Waals surface area contributed by atoms with Crippen LogP contribution in [0.2, 0.25) is 0 Å².